The second-order valence-electron chi connectivity index (χ2n) is 3.75. The highest BCUT2D eigenvalue weighted by atomic mass is 16.5. The number of hydrogen-bond acceptors (Lipinski definition) is 4. The number of methoxy groups -OCH3 is 1. The highest BCUT2D eigenvalue weighted by Crippen LogP contribution is 2.26. The van der Waals surface area contributed by atoms with E-state index in [0.717, 1.165) is 0 Å². The number of nitrogens with zero attached hydrogens (tertiary/aromatic N) is 1. The van der Waals surface area contributed by atoms with Gasteiger partial charge in [0.25, 0.3) is 0 Å². The summed E-state index contributed by atoms with van der Waals surface area (Å²) in [5.74, 6) is 0.472. The molecule has 0 radical (unpaired) electrons. The predicted molar refractivity (Wildman–Crippen MR) is 64.6 cm³/mol. The van der Waals surface area contributed by atoms with Crippen LogP contribution in [0.4, 0.5) is 11.4 Å². The van der Waals surface area contributed by atoms with Gasteiger partial charge < -0.3 is 20.7 Å². The Morgan fingerprint density at radius 2 is 2.19 bits per heavy atom. The van der Waals surface area contributed by atoms with Crippen LogP contribution in [-0.4, -0.2) is 38.6 Å². The fourth-order valence-electron chi connectivity index (χ4n) is 1.29. The van der Waals surface area contributed by atoms with Crippen molar-refractivity contribution in [3.05, 3.63) is 18.2 Å². The lowest BCUT2D eigenvalue weighted by Gasteiger charge is -2.13. The zero-order chi connectivity index (χ0) is 12.1. The van der Waals surface area contributed by atoms with E-state index < -0.39 is 0 Å². The molecule has 0 spiro atoms. The third-order valence-corrected chi connectivity index (χ3v) is 1.96. The van der Waals surface area contributed by atoms with Crippen molar-refractivity contribution in [1.29, 1.82) is 0 Å². The average Bonchev–Trinajstić information content (AvgIpc) is 2.19. The number of anilines is 2. The molecule has 0 aliphatic heterocycles. The number of carbonyl (C=O) groups excluding carboxylic acids is 1. The standard InChI is InChI=1S/C11H17N3O2/c1-14(2)7-11(15)13-9-5-4-8(12)6-10(9)16-3/h4-6H,7,12H2,1-3H3,(H,13,15). The molecule has 0 aliphatic rings. The molecule has 0 atom stereocenters. The van der Waals surface area contributed by atoms with Gasteiger partial charge in [0.2, 0.25) is 5.91 Å². The summed E-state index contributed by atoms with van der Waals surface area (Å²) in [6.07, 6.45) is 0. The first kappa shape index (κ1) is 12.3. The van der Waals surface area contributed by atoms with Gasteiger partial charge in [-0.05, 0) is 26.2 Å². The van der Waals surface area contributed by atoms with E-state index in [1.807, 2.05) is 14.1 Å². The molecule has 3 N–H and O–H groups in total. The van der Waals surface area contributed by atoms with Crippen LogP contribution in [0.2, 0.25) is 0 Å². The minimum Gasteiger partial charge on any atom is -0.494 e. The summed E-state index contributed by atoms with van der Waals surface area (Å²) in [4.78, 5) is 13.3. The quantitative estimate of drug-likeness (QED) is 0.740. The number of ether oxygens (including phenoxy) is 1. The van der Waals surface area contributed by atoms with Crippen LogP contribution in [0.5, 0.6) is 5.75 Å². The van der Waals surface area contributed by atoms with E-state index in [4.69, 9.17) is 10.5 Å². The number of nitrogen functional groups attached to an aromatic ring is 1. The Bertz CT molecular complexity index is 377. The summed E-state index contributed by atoms with van der Waals surface area (Å²) in [5, 5.41) is 2.76. The van der Waals surface area contributed by atoms with Gasteiger partial charge in [-0.25, -0.2) is 0 Å². The Morgan fingerprint density at radius 1 is 1.50 bits per heavy atom. The first-order chi connectivity index (χ1) is 7.52. The highest BCUT2D eigenvalue weighted by molar-refractivity contribution is 5.93. The van der Waals surface area contributed by atoms with E-state index >= 15 is 0 Å². The molecule has 1 aromatic carbocycles. The van der Waals surface area contributed by atoms with E-state index in [0.29, 0.717) is 23.7 Å². The van der Waals surface area contributed by atoms with E-state index in [-0.39, 0.29) is 5.91 Å². The molecule has 0 aliphatic carbocycles. The number of amides is 1. The number of nitrogens with two attached hydrogens (primary N) is 1. The number of nitrogens with one attached hydrogen (secondary N) is 1. The third kappa shape index (κ3) is 3.43. The van der Waals surface area contributed by atoms with E-state index in [2.05, 4.69) is 5.32 Å². The fourth-order valence-corrected chi connectivity index (χ4v) is 1.29. The van der Waals surface area contributed by atoms with Crippen molar-refractivity contribution in [3.63, 3.8) is 0 Å². The summed E-state index contributed by atoms with van der Waals surface area (Å²) in [6, 6.07) is 5.11. The maximum Gasteiger partial charge on any atom is 0.238 e. The van der Waals surface area contributed by atoms with Gasteiger partial charge in [-0.1, -0.05) is 0 Å². The molecule has 5 heteroatoms. The zero-order valence-electron chi connectivity index (χ0n) is 9.78. The maximum atomic E-state index is 11.5. The molecule has 0 bridgehead atoms. The summed E-state index contributed by atoms with van der Waals surface area (Å²) in [5.41, 5.74) is 6.84. The van der Waals surface area contributed by atoms with Gasteiger partial charge in [-0.15, -0.1) is 0 Å². The van der Waals surface area contributed by atoms with Gasteiger partial charge in [0.15, 0.2) is 0 Å². The minimum atomic E-state index is -0.0897. The Morgan fingerprint density at radius 3 is 2.75 bits per heavy atom. The van der Waals surface area contributed by atoms with Gasteiger partial charge in [-0.3, -0.25) is 4.79 Å². The van der Waals surface area contributed by atoms with E-state index in [9.17, 15) is 4.79 Å². The summed E-state index contributed by atoms with van der Waals surface area (Å²) >= 11 is 0. The summed E-state index contributed by atoms with van der Waals surface area (Å²) in [6.45, 7) is 0.327. The molecule has 0 aromatic heterocycles. The Hall–Kier alpha value is -1.75. The second kappa shape index (κ2) is 5.37. The van der Waals surface area contributed by atoms with Gasteiger partial charge >= 0.3 is 0 Å². The Balaban J connectivity index is 2.76. The van der Waals surface area contributed by atoms with Crippen LogP contribution < -0.4 is 15.8 Å². The van der Waals surface area contributed by atoms with Crippen LogP contribution in [0.1, 0.15) is 0 Å². The number of likely N-dealkylation sites (N-methyl/N-ethyl adjacent to an activating group) is 1. The molecule has 0 unspecified atom stereocenters. The smallest absolute Gasteiger partial charge is 0.238 e. The van der Waals surface area contributed by atoms with Gasteiger partial charge in [0.05, 0.1) is 19.3 Å². The van der Waals surface area contributed by atoms with Gasteiger partial charge in [0, 0.05) is 11.8 Å². The van der Waals surface area contributed by atoms with Crippen LogP contribution in [0, 0.1) is 0 Å². The zero-order valence-corrected chi connectivity index (χ0v) is 9.78. The molecule has 1 rings (SSSR count). The molecular weight excluding hydrogens is 206 g/mol. The topological polar surface area (TPSA) is 67.6 Å². The molecule has 0 fully saturated rings. The van der Waals surface area contributed by atoms with Crippen molar-refractivity contribution >= 4 is 17.3 Å². The van der Waals surface area contributed by atoms with Crippen molar-refractivity contribution in [2.45, 2.75) is 0 Å². The number of benzene rings is 1. The minimum absolute atomic E-state index is 0.0897. The van der Waals surface area contributed by atoms with Crippen molar-refractivity contribution in [1.82, 2.24) is 4.90 Å². The van der Waals surface area contributed by atoms with Crippen LogP contribution in [-0.2, 0) is 4.79 Å². The molecule has 1 amide bonds. The van der Waals surface area contributed by atoms with E-state index in [1.54, 1.807) is 23.1 Å². The maximum absolute atomic E-state index is 11.5. The van der Waals surface area contributed by atoms with Crippen molar-refractivity contribution in [3.8, 4) is 5.75 Å². The number of hydrogen-bond donors (Lipinski definition) is 2. The predicted octanol–water partition coefficient (Wildman–Crippen LogP) is 0.777. The molecule has 0 heterocycles. The van der Waals surface area contributed by atoms with Crippen molar-refractivity contribution < 1.29 is 9.53 Å². The SMILES string of the molecule is COc1cc(N)ccc1NC(=O)CN(C)C. The normalized spacial score (nSPS) is 10.2. The fraction of sp³-hybridized carbons (Fsp3) is 0.364. The molecule has 5 nitrogen and oxygen atoms in total. The molecule has 0 saturated heterocycles. The lowest BCUT2D eigenvalue weighted by atomic mass is 10.2. The van der Waals surface area contributed by atoms with Crippen LogP contribution in [0.3, 0.4) is 0 Å². The number of carbonyl (C=O) groups is 1. The second-order valence-corrected chi connectivity index (χ2v) is 3.75. The molecule has 0 saturated carbocycles. The number of rotatable bonds is 4. The first-order valence-corrected chi connectivity index (χ1v) is 4.91. The third-order valence-electron chi connectivity index (χ3n) is 1.96. The van der Waals surface area contributed by atoms with Crippen LogP contribution in [0.25, 0.3) is 0 Å². The van der Waals surface area contributed by atoms with Gasteiger partial charge in [-0.2, -0.15) is 0 Å². The summed E-state index contributed by atoms with van der Waals surface area (Å²) in [7, 11) is 5.20. The molecule has 16 heavy (non-hydrogen) atoms. The van der Waals surface area contributed by atoms with E-state index in [1.165, 1.54) is 7.11 Å². The molecule has 88 valence electrons. The molecule has 1 aromatic rings. The molecular formula is C11H17N3O2. The lowest BCUT2D eigenvalue weighted by Crippen LogP contribution is -2.27. The van der Waals surface area contributed by atoms with Crippen molar-refractivity contribution in [2.75, 3.05) is 38.8 Å². The van der Waals surface area contributed by atoms with Crippen molar-refractivity contribution in [2.24, 2.45) is 0 Å². The first-order valence-electron chi connectivity index (χ1n) is 4.91. The van der Waals surface area contributed by atoms with Gasteiger partial charge in [0.1, 0.15) is 5.75 Å². The lowest BCUT2D eigenvalue weighted by molar-refractivity contribution is -0.116. The monoisotopic (exact) mass is 223 g/mol. The summed E-state index contributed by atoms with van der Waals surface area (Å²) < 4.78 is 5.12. The largest absolute Gasteiger partial charge is 0.494 e. The highest BCUT2D eigenvalue weighted by Gasteiger charge is 2.08. The van der Waals surface area contributed by atoms with Crippen LogP contribution >= 0.6 is 0 Å². The Labute approximate surface area is 95.2 Å². The Kier molecular flexibility index (Phi) is 4.13. The van der Waals surface area contributed by atoms with Crippen LogP contribution in [0.15, 0.2) is 18.2 Å². The average molecular weight is 223 g/mol.